The van der Waals surface area contributed by atoms with Crippen molar-refractivity contribution in [1.82, 2.24) is 0 Å². The van der Waals surface area contributed by atoms with Crippen LogP contribution in [0.1, 0.15) is 44.6 Å². The van der Waals surface area contributed by atoms with Crippen molar-refractivity contribution in [2.75, 3.05) is 0 Å². The zero-order valence-corrected chi connectivity index (χ0v) is 12.9. The summed E-state index contributed by atoms with van der Waals surface area (Å²) in [4.78, 5) is 12.3. The van der Waals surface area contributed by atoms with Crippen LogP contribution in [0.3, 0.4) is 0 Å². The Balaban J connectivity index is 1.96. The van der Waals surface area contributed by atoms with Crippen LogP contribution in [0.15, 0.2) is 22.7 Å². The number of benzene rings is 1. The predicted molar refractivity (Wildman–Crippen MR) is 78.6 cm³/mol. The van der Waals surface area contributed by atoms with E-state index in [0.29, 0.717) is 10.9 Å². The van der Waals surface area contributed by atoms with Crippen LogP contribution in [0.5, 0.6) is 0 Å². The van der Waals surface area contributed by atoms with Crippen LogP contribution < -0.4 is 0 Å². The van der Waals surface area contributed by atoms with Crippen LogP contribution in [-0.4, -0.2) is 5.78 Å². The summed E-state index contributed by atoms with van der Waals surface area (Å²) in [5, 5.41) is 0. The molecule has 0 N–H and O–H groups in total. The van der Waals surface area contributed by atoms with Crippen molar-refractivity contribution in [1.29, 1.82) is 0 Å². The molecule has 1 saturated carbocycles. The van der Waals surface area contributed by atoms with Crippen LogP contribution in [-0.2, 0) is 11.2 Å². The Morgan fingerprint density at radius 3 is 2.63 bits per heavy atom. The molecular weight excluding hydrogens is 307 g/mol. The van der Waals surface area contributed by atoms with Crippen molar-refractivity contribution >= 4 is 21.7 Å². The highest BCUT2D eigenvalue weighted by Gasteiger charge is 2.25. The summed E-state index contributed by atoms with van der Waals surface area (Å²) in [7, 11) is 0. The van der Waals surface area contributed by atoms with Gasteiger partial charge in [0.15, 0.2) is 0 Å². The summed E-state index contributed by atoms with van der Waals surface area (Å²) >= 11 is 3.23. The third-order valence-corrected chi connectivity index (χ3v) is 5.16. The lowest BCUT2D eigenvalue weighted by Gasteiger charge is -2.26. The number of ketones is 1. The largest absolute Gasteiger partial charge is 0.299 e. The number of rotatable bonds is 4. The highest BCUT2D eigenvalue weighted by molar-refractivity contribution is 9.10. The molecule has 104 valence electrons. The lowest BCUT2D eigenvalue weighted by molar-refractivity contribution is -0.123. The van der Waals surface area contributed by atoms with Gasteiger partial charge in [-0.25, -0.2) is 4.39 Å². The second kappa shape index (κ2) is 6.65. The maximum atomic E-state index is 13.4. The van der Waals surface area contributed by atoms with Crippen molar-refractivity contribution in [3.8, 4) is 0 Å². The third kappa shape index (κ3) is 3.65. The Hall–Kier alpha value is -0.700. The highest BCUT2D eigenvalue weighted by Crippen LogP contribution is 2.32. The van der Waals surface area contributed by atoms with E-state index in [4.69, 9.17) is 0 Å². The maximum absolute atomic E-state index is 13.4. The first-order chi connectivity index (χ1) is 9.11. The molecule has 0 atom stereocenters. The van der Waals surface area contributed by atoms with Gasteiger partial charge in [-0.05, 0) is 59.2 Å². The first kappa shape index (κ1) is 14.7. The topological polar surface area (TPSA) is 17.1 Å². The quantitative estimate of drug-likeness (QED) is 0.767. The highest BCUT2D eigenvalue weighted by atomic mass is 79.9. The number of hydrogen-bond acceptors (Lipinski definition) is 1. The van der Waals surface area contributed by atoms with Gasteiger partial charge in [0, 0.05) is 12.3 Å². The molecule has 0 bridgehead atoms. The Morgan fingerprint density at radius 1 is 1.32 bits per heavy atom. The summed E-state index contributed by atoms with van der Waals surface area (Å²) in [5.74, 6) is 0.948. The molecule has 1 aliphatic carbocycles. The van der Waals surface area contributed by atoms with Gasteiger partial charge in [0.1, 0.15) is 11.6 Å². The lowest BCUT2D eigenvalue weighted by atomic mass is 9.78. The smallest absolute Gasteiger partial charge is 0.140 e. The molecule has 0 saturated heterocycles. The zero-order chi connectivity index (χ0) is 13.8. The summed E-state index contributed by atoms with van der Waals surface area (Å²) in [6.45, 7) is 2.22. The second-order valence-electron chi connectivity index (χ2n) is 5.48. The van der Waals surface area contributed by atoms with Crippen molar-refractivity contribution in [3.63, 3.8) is 0 Å². The minimum atomic E-state index is -0.292. The molecule has 1 fully saturated rings. The molecule has 0 unspecified atom stereocenters. The number of hydrogen-bond donors (Lipinski definition) is 0. The van der Waals surface area contributed by atoms with E-state index in [1.165, 1.54) is 12.5 Å². The molecule has 0 spiro atoms. The molecule has 3 heteroatoms. The molecule has 1 aromatic carbocycles. The van der Waals surface area contributed by atoms with Gasteiger partial charge in [-0.2, -0.15) is 0 Å². The molecule has 0 aliphatic heterocycles. The number of carbonyl (C=O) groups excluding carboxylic acids is 1. The monoisotopic (exact) mass is 326 g/mol. The van der Waals surface area contributed by atoms with Crippen molar-refractivity contribution < 1.29 is 9.18 Å². The summed E-state index contributed by atoms with van der Waals surface area (Å²) < 4.78 is 13.8. The van der Waals surface area contributed by atoms with E-state index in [1.54, 1.807) is 6.07 Å². The van der Waals surface area contributed by atoms with Gasteiger partial charge >= 0.3 is 0 Å². The zero-order valence-electron chi connectivity index (χ0n) is 11.3. The average Bonchev–Trinajstić information content (AvgIpc) is 2.44. The average molecular weight is 327 g/mol. The molecule has 2 rings (SSSR count). The van der Waals surface area contributed by atoms with Gasteiger partial charge in [-0.3, -0.25) is 4.79 Å². The lowest BCUT2D eigenvalue weighted by Crippen LogP contribution is -2.23. The van der Waals surface area contributed by atoms with Gasteiger partial charge in [0.05, 0.1) is 4.47 Å². The van der Waals surface area contributed by atoms with Crippen LogP contribution in [0.2, 0.25) is 0 Å². The Kier molecular flexibility index (Phi) is 5.14. The number of Topliss-reactive ketones (excluding diaryl/α,β-unsaturated/α-hetero) is 1. The van der Waals surface area contributed by atoms with Gasteiger partial charge < -0.3 is 0 Å². The Bertz CT molecular complexity index is 450. The van der Waals surface area contributed by atoms with E-state index in [9.17, 15) is 9.18 Å². The molecule has 1 nitrogen and oxygen atoms in total. The molecule has 0 heterocycles. The molecule has 0 radical (unpaired) electrons. The van der Waals surface area contributed by atoms with Crippen LogP contribution in [0.4, 0.5) is 4.39 Å². The molecule has 0 amide bonds. The Labute approximate surface area is 122 Å². The fourth-order valence-corrected chi connectivity index (χ4v) is 3.31. The third-order valence-electron chi connectivity index (χ3n) is 4.28. The standard InChI is InChI=1S/C16H20BrFO/c1-2-11-6-8-12(9-7-11)15(19)10-13-4-3-5-14(18)16(13)17/h3-5,11-12H,2,6-10H2,1H3. The molecule has 1 aliphatic rings. The maximum Gasteiger partial charge on any atom is 0.140 e. The first-order valence-electron chi connectivity index (χ1n) is 7.07. The van der Waals surface area contributed by atoms with E-state index in [-0.39, 0.29) is 17.5 Å². The summed E-state index contributed by atoms with van der Waals surface area (Å²) in [6, 6.07) is 4.89. The molecular formula is C16H20BrFO. The fourth-order valence-electron chi connectivity index (χ4n) is 2.91. The van der Waals surface area contributed by atoms with Gasteiger partial charge in [-0.1, -0.05) is 25.5 Å². The SMILES string of the molecule is CCC1CCC(C(=O)Cc2cccc(F)c2Br)CC1. The van der Waals surface area contributed by atoms with Crippen LogP contribution in [0, 0.1) is 17.7 Å². The van der Waals surface area contributed by atoms with Crippen molar-refractivity contribution in [2.45, 2.75) is 45.4 Å². The van der Waals surface area contributed by atoms with Crippen LogP contribution >= 0.6 is 15.9 Å². The molecule has 0 aromatic heterocycles. The summed E-state index contributed by atoms with van der Waals surface area (Å²) in [6.07, 6.45) is 5.90. The molecule has 1 aromatic rings. The Morgan fingerprint density at radius 2 is 2.00 bits per heavy atom. The van der Waals surface area contributed by atoms with E-state index in [1.807, 2.05) is 6.07 Å². The van der Waals surface area contributed by atoms with Gasteiger partial charge in [-0.15, -0.1) is 0 Å². The van der Waals surface area contributed by atoms with E-state index in [0.717, 1.165) is 37.2 Å². The predicted octanol–water partition coefficient (Wildman–Crippen LogP) is 4.92. The van der Waals surface area contributed by atoms with E-state index in [2.05, 4.69) is 22.9 Å². The summed E-state index contributed by atoms with van der Waals surface area (Å²) in [5.41, 5.74) is 0.766. The van der Waals surface area contributed by atoms with E-state index < -0.39 is 0 Å². The van der Waals surface area contributed by atoms with Gasteiger partial charge in [0.25, 0.3) is 0 Å². The van der Waals surface area contributed by atoms with Gasteiger partial charge in [0.2, 0.25) is 0 Å². The van der Waals surface area contributed by atoms with Crippen molar-refractivity contribution in [3.05, 3.63) is 34.1 Å². The normalized spacial score (nSPS) is 23.3. The first-order valence-corrected chi connectivity index (χ1v) is 7.86. The molecule has 19 heavy (non-hydrogen) atoms. The van der Waals surface area contributed by atoms with Crippen molar-refractivity contribution in [2.24, 2.45) is 11.8 Å². The number of carbonyl (C=O) groups is 1. The van der Waals surface area contributed by atoms with E-state index >= 15 is 0 Å². The van der Waals surface area contributed by atoms with Crippen LogP contribution in [0.25, 0.3) is 0 Å². The minimum absolute atomic E-state index is 0.179. The fraction of sp³-hybridized carbons (Fsp3) is 0.562. The second-order valence-corrected chi connectivity index (χ2v) is 6.27. The minimum Gasteiger partial charge on any atom is -0.299 e. The number of halogens is 2.